The second kappa shape index (κ2) is 7.47. The number of nitrogens with one attached hydrogen (secondary N) is 1. The molecule has 1 N–H and O–H groups in total. The second-order valence-electron chi connectivity index (χ2n) is 7.65. The molecule has 3 heterocycles. The Morgan fingerprint density at radius 3 is 2.59 bits per heavy atom. The number of carbonyl (C=O) groups excluding carboxylic acids is 1. The van der Waals surface area contributed by atoms with Crippen LogP contribution in [0.1, 0.15) is 48.9 Å². The molecule has 148 valence electrons. The molecule has 0 amide bonds. The SMILES string of the molecule is O=Cc1cnc(Nc2ncc(-c3ccnc(OC4CCC5(CC4)CC5)n3)s2)nc1. The summed E-state index contributed by atoms with van der Waals surface area (Å²) < 4.78 is 6.06. The first-order valence-corrected chi connectivity index (χ1v) is 10.5. The monoisotopic (exact) mass is 408 g/mol. The summed E-state index contributed by atoms with van der Waals surface area (Å²) in [7, 11) is 0. The fraction of sp³-hybridized carbons (Fsp3) is 0.400. The first kappa shape index (κ1) is 18.1. The van der Waals surface area contributed by atoms with Crippen molar-refractivity contribution in [2.75, 3.05) is 5.32 Å². The fourth-order valence-electron chi connectivity index (χ4n) is 3.69. The van der Waals surface area contributed by atoms with Crippen molar-refractivity contribution in [1.82, 2.24) is 24.9 Å². The Morgan fingerprint density at radius 1 is 1.07 bits per heavy atom. The maximum atomic E-state index is 10.7. The smallest absolute Gasteiger partial charge is 0.317 e. The van der Waals surface area contributed by atoms with E-state index in [0.717, 1.165) is 23.4 Å². The van der Waals surface area contributed by atoms with Gasteiger partial charge in [0.25, 0.3) is 0 Å². The van der Waals surface area contributed by atoms with Crippen LogP contribution in [0.15, 0.2) is 30.9 Å². The summed E-state index contributed by atoms with van der Waals surface area (Å²) in [6, 6.07) is 2.27. The lowest BCUT2D eigenvalue weighted by Gasteiger charge is -2.28. The number of aldehydes is 1. The lowest BCUT2D eigenvalue weighted by Crippen LogP contribution is -2.25. The zero-order valence-corrected chi connectivity index (χ0v) is 16.6. The van der Waals surface area contributed by atoms with Gasteiger partial charge in [-0.15, -0.1) is 0 Å². The first-order valence-electron chi connectivity index (χ1n) is 9.72. The highest BCUT2D eigenvalue weighted by atomic mass is 32.1. The molecule has 3 aromatic heterocycles. The minimum Gasteiger partial charge on any atom is -0.460 e. The number of rotatable bonds is 6. The van der Waals surface area contributed by atoms with Crippen molar-refractivity contribution in [2.24, 2.45) is 5.41 Å². The van der Waals surface area contributed by atoms with Crippen molar-refractivity contribution in [3.8, 4) is 16.6 Å². The summed E-state index contributed by atoms with van der Waals surface area (Å²) >= 11 is 1.44. The van der Waals surface area contributed by atoms with Gasteiger partial charge in [0.15, 0.2) is 11.4 Å². The summed E-state index contributed by atoms with van der Waals surface area (Å²) in [6.45, 7) is 0. The van der Waals surface area contributed by atoms with Crippen LogP contribution in [0.4, 0.5) is 11.1 Å². The van der Waals surface area contributed by atoms with Gasteiger partial charge in [0.2, 0.25) is 5.95 Å². The minimum atomic E-state index is 0.210. The number of carbonyl (C=O) groups is 1. The maximum Gasteiger partial charge on any atom is 0.317 e. The van der Waals surface area contributed by atoms with Crippen molar-refractivity contribution in [3.63, 3.8) is 0 Å². The van der Waals surface area contributed by atoms with Crippen LogP contribution in [0.25, 0.3) is 10.6 Å². The molecule has 0 radical (unpaired) electrons. The predicted octanol–water partition coefficient (Wildman–Crippen LogP) is 4.05. The summed E-state index contributed by atoms with van der Waals surface area (Å²) in [5.41, 5.74) is 1.84. The Balaban J connectivity index is 1.25. The molecule has 2 aliphatic carbocycles. The van der Waals surface area contributed by atoms with Gasteiger partial charge in [-0.25, -0.2) is 19.9 Å². The first-order chi connectivity index (χ1) is 14.2. The van der Waals surface area contributed by atoms with Gasteiger partial charge in [-0.1, -0.05) is 11.3 Å². The van der Waals surface area contributed by atoms with Crippen LogP contribution in [-0.4, -0.2) is 37.3 Å². The van der Waals surface area contributed by atoms with E-state index < -0.39 is 0 Å². The zero-order chi connectivity index (χ0) is 19.7. The Kier molecular flexibility index (Phi) is 4.67. The number of hydrogen-bond acceptors (Lipinski definition) is 9. The molecular weight excluding hydrogens is 388 g/mol. The molecule has 29 heavy (non-hydrogen) atoms. The van der Waals surface area contributed by atoms with E-state index in [2.05, 4.69) is 30.2 Å². The molecule has 0 saturated heterocycles. The van der Waals surface area contributed by atoms with Gasteiger partial charge in [-0.05, 0) is 50.0 Å². The van der Waals surface area contributed by atoms with Crippen molar-refractivity contribution in [3.05, 3.63) is 36.4 Å². The highest BCUT2D eigenvalue weighted by Crippen LogP contribution is 2.56. The quantitative estimate of drug-likeness (QED) is 0.610. The van der Waals surface area contributed by atoms with Crippen molar-refractivity contribution >= 4 is 28.7 Å². The van der Waals surface area contributed by atoms with E-state index in [1.807, 2.05) is 6.07 Å². The molecule has 3 aromatic rings. The molecule has 0 atom stereocenters. The summed E-state index contributed by atoms with van der Waals surface area (Å²) in [6.07, 6.45) is 14.8. The largest absolute Gasteiger partial charge is 0.460 e. The fourth-order valence-corrected chi connectivity index (χ4v) is 4.47. The Bertz CT molecular complexity index is 1010. The Labute approximate surface area is 171 Å². The second-order valence-corrected chi connectivity index (χ2v) is 8.68. The van der Waals surface area contributed by atoms with E-state index >= 15 is 0 Å². The molecule has 2 saturated carbocycles. The highest BCUT2D eigenvalue weighted by molar-refractivity contribution is 7.18. The summed E-state index contributed by atoms with van der Waals surface area (Å²) in [5.74, 6) is 0.383. The lowest BCUT2D eigenvalue weighted by atomic mass is 9.85. The number of nitrogens with zero attached hydrogens (tertiary/aromatic N) is 5. The van der Waals surface area contributed by atoms with Gasteiger partial charge in [0.1, 0.15) is 6.10 Å². The van der Waals surface area contributed by atoms with Gasteiger partial charge < -0.3 is 10.1 Å². The molecule has 0 aliphatic heterocycles. The van der Waals surface area contributed by atoms with Crippen LogP contribution in [0.2, 0.25) is 0 Å². The molecule has 2 aliphatic rings. The number of hydrogen-bond donors (Lipinski definition) is 1. The third-order valence-electron chi connectivity index (χ3n) is 5.64. The van der Waals surface area contributed by atoms with Gasteiger partial charge in [0, 0.05) is 24.8 Å². The van der Waals surface area contributed by atoms with Gasteiger partial charge in [0.05, 0.1) is 16.1 Å². The van der Waals surface area contributed by atoms with Crippen LogP contribution in [0.5, 0.6) is 6.01 Å². The maximum absolute atomic E-state index is 10.7. The van der Waals surface area contributed by atoms with Gasteiger partial charge in [-0.3, -0.25) is 4.79 Å². The van der Waals surface area contributed by atoms with Crippen LogP contribution < -0.4 is 10.1 Å². The van der Waals surface area contributed by atoms with E-state index in [9.17, 15) is 4.79 Å². The third kappa shape index (κ3) is 4.09. The van der Waals surface area contributed by atoms with Crippen LogP contribution in [0.3, 0.4) is 0 Å². The zero-order valence-electron chi connectivity index (χ0n) is 15.7. The average Bonchev–Trinajstić information content (AvgIpc) is 3.35. The van der Waals surface area contributed by atoms with Crippen molar-refractivity contribution in [1.29, 1.82) is 0 Å². The average molecular weight is 408 g/mol. The standard InChI is InChI=1S/C20H20N6O2S/c27-12-13-9-22-17(23-10-13)26-19-24-11-16(29-19)15-3-8-21-18(25-15)28-14-1-4-20(5-2-14)6-7-20/h3,8-12,14H,1-2,4-7H2,(H,22,23,24,26). The van der Waals surface area contributed by atoms with Crippen LogP contribution in [0, 0.1) is 5.41 Å². The molecule has 1 spiro atoms. The Morgan fingerprint density at radius 2 is 1.86 bits per heavy atom. The van der Waals surface area contributed by atoms with Crippen molar-refractivity contribution in [2.45, 2.75) is 44.6 Å². The number of anilines is 2. The van der Waals surface area contributed by atoms with Crippen LogP contribution in [-0.2, 0) is 0 Å². The normalized spacial score (nSPS) is 17.8. The highest BCUT2D eigenvalue weighted by Gasteiger charge is 2.45. The number of thiazole rings is 1. The topological polar surface area (TPSA) is 103 Å². The predicted molar refractivity (Wildman–Crippen MR) is 108 cm³/mol. The van der Waals surface area contributed by atoms with Gasteiger partial charge in [-0.2, -0.15) is 4.98 Å². The van der Waals surface area contributed by atoms with Gasteiger partial charge >= 0.3 is 6.01 Å². The number of aromatic nitrogens is 5. The molecule has 2 fully saturated rings. The minimum absolute atomic E-state index is 0.210. The molecule has 0 unspecified atom stereocenters. The summed E-state index contributed by atoms with van der Waals surface area (Å²) in [5, 5.41) is 3.67. The number of ether oxygens (including phenoxy) is 1. The van der Waals surface area contributed by atoms with Crippen molar-refractivity contribution < 1.29 is 9.53 Å². The summed E-state index contributed by atoms with van der Waals surface area (Å²) in [4.78, 5) is 33.0. The van der Waals surface area contributed by atoms with Crippen LogP contribution >= 0.6 is 11.3 Å². The Hall–Kier alpha value is -2.94. The molecule has 0 bridgehead atoms. The molecule has 0 aromatic carbocycles. The molecule has 5 rings (SSSR count). The van der Waals surface area contributed by atoms with E-state index in [1.165, 1.54) is 49.4 Å². The van der Waals surface area contributed by atoms with E-state index in [1.54, 1.807) is 12.4 Å². The van der Waals surface area contributed by atoms with E-state index in [-0.39, 0.29) is 6.10 Å². The lowest BCUT2D eigenvalue weighted by molar-refractivity contribution is 0.112. The molecule has 8 nitrogen and oxygen atoms in total. The third-order valence-corrected chi connectivity index (χ3v) is 6.58. The molecule has 9 heteroatoms. The van der Waals surface area contributed by atoms with E-state index in [4.69, 9.17) is 4.74 Å². The molecular formula is C20H20N6O2S. The van der Waals surface area contributed by atoms with E-state index in [0.29, 0.717) is 34.4 Å².